The molecule has 0 bridgehead atoms. The van der Waals surface area contributed by atoms with Crippen LogP contribution in [0.1, 0.15) is 16.2 Å². The largest absolute Gasteiger partial charge is 0.396 e. The highest BCUT2D eigenvalue weighted by Crippen LogP contribution is 2.06. The summed E-state index contributed by atoms with van der Waals surface area (Å²) < 4.78 is 1.77. The van der Waals surface area contributed by atoms with Crippen LogP contribution in [0.5, 0.6) is 0 Å². The monoisotopic (exact) mass is 273 g/mol. The first-order valence-corrected chi connectivity index (χ1v) is 6.61. The summed E-state index contributed by atoms with van der Waals surface area (Å²) in [6.07, 6.45) is 4.20. The number of nitrogens with zero attached hydrogens (tertiary/aromatic N) is 2. The average Bonchev–Trinajstić information content (AvgIpc) is 2.90. The zero-order chi connectivity index (χ0) is 14.4. The number of hydrogen-bond acceptors (Lipinski definition) is 3. The Hall–Kier alpha value is -2.14. The van der Waals surface area contributed by atoms with E-state index < -0.39 is 0 Å². The molecule has 2 heterocycles. The van der Waals surface area contributed by atoms with Crippen LogP contribution >= 0.6 is 0 Å². The van der Waals surface area contributed by atoms with Crippen molar-refractivity contribution in [2.75, 3.05) is 13.2 Å². The Labute approximate surface area is 118 Å². The maximum absolute atomic E-state index is 12.0. The molecule has 0 aromatic carbocycles. The number of carbonyl (C=O) groups excluding carboxylic acids is 1. The van der Waals surface area contributed by atoms with Crippen molar-refractivity contribution in [1.29, 1.82) is 0 Å². The highest BCUT2D eigenvalue weighted by Gasteiger charge is 2.13. The highest BCUT2D eigenvalue weighted by atomic mass is 16.3. The first kappa shape index (κ1) is 14.3. The fourth-order valence-electron chi connectivity index (χ4n) is 2.04. The maximum Gasteiger partial charge on any atom is 0.267 e. The first-order valence-electron chi connectivity index (χ1n) is 6.61. The summed E-state index contributed by atoms with van der Waals surface area (Å²) in [5, 5.41) is 12.3. The first-order chi connectivity index (χ1) is 9.70. The van der Waals surface area contributed by atoms with Crippen molar-refractivity contribution in [3.8, 4) is 0 Å². The Kier molecular flexibility index (Phi) is 4.90. The standard InChI is InChI=1S/C15H19N3O2/c1-18-8-4-6-14(18)15(20)17-10-12(11-19)9-13-5-2-3-7-16-13/h2-8,12,19H,9-11H2,1H3,(H,17,20). The van der Waals surface area contributed by atoms with Gasteiger partial charge in [-0.05, 0) is 30.7 Å². The summed E-state index contributed by atoms with van der Waals surface area (Å²) in [7, 11) is 1.83. The van der Waals surface area contributed by atoms with Gasteiger partial charge in [0, 0.05) is 44.2 Å². The molecular formula is C15H19N3O2. The molecule has 2 N–H and O–H groups in total. The third-order valence-corrected chi connectivity index (χ3v) is 3.21. The molecule has 1 amide bonds. The van der Waals surface area contributed by atoms with Crippen molar-refractivity contribution in [2.45, 2.75) is 6.42 Å². The van der Waals surface area contributed by atoms with Gasteiger partial charge in [0.2, 0.25) is 0 Å². The number of aromatic nitrogens is 2. The molecule has 0 radical (unpaired) electrons. The van der Waals surface area contributed by atoms with E-state index in [2.05, 4.69) is 10.3 Å². The molecule has 106 valence electrons. The highest BCUT2D eigenvalue weighted by molar-refractivity contribution is 5.92. The van der Waals surface area contributed by atoms with Gasteiger partial charge in [0.05, 0.1) is 0 Å². The van der Waals surface area contributed by atoms with E-state index in [1.807, 2.05) is 37.5 Å². The number of pyridine rings is 1. The van der Waals surface area contributed by atoms with Gasteiger partial charge in [0.15, 0.2) is 0 Å². The predicted molar refractivity (Wildman–Crippen MR) is 76.3 cm³/mol. The maximum atomic E-state index is 12.0. The lowest BCUT2D eigenvalue weighted by Crippen LogP contribution is -2.32. The summed E-state index contributed by atoms with van der Waals surface area (Å²) in [4.78, 5) is 16.2. The fourth-order valence-corrected chi connectivity index (χ4v) is 2.04. The lowest BCUT2D eigenvalue weighted by molar-refractivity contribution is 0.0931. The van der Waals surface area contributed by atoms with Crippen molar-refractivity contribution in [1.82, 2.24) is 14.9 Å². The van der Waals surface area contributed by atoms with Crippen LogP contribution in [-0.2, 0) is 13.5 Å². The van der Waals surface area contributed by atoms with Crippen LogP contribution in [0.25, 0.3) is 0 Å². The molecule has 0 aliphatic heterocycles. The number of rotatable bonds is 6. The van der Waals surface area contributed by atoms with E-state index in [-0.39, 0.29) is 18.4 Å². The summed E-state index contributed by atoms with van der Waals surface area (Å²) in [5.74, 6) is -0.161. The lowest BCUT2D eigenvalue weighted by atomic mass is 10.0. The molecule has 0 saturated carbocycles. The van der Waals surface area contributed by atoms with Crippen LogP contribution in [0.4, 0.5) is 0 Å². The molecule has 0 spiro atoms. The third-order valence-electron chi connectivity index (χ3n) is 3.21. The van der Waals surface area contributed by atoms with Gasteiger partial charge in [-0.2, -0.15) is 0 Å². The molecule has 5 nitrogen and oxygen atoms in total. The van der Waals surface area contributed by atoms with Crippen molar-refractivity contribution in [3.05, 3.63) is 54.1 Å². The van der Waals surface area contributed by atoms with E-state index >= 15 is 0 Å². The van der Waals surface area contributed by atoms with Gasteiger partial charge in [-0.15, -0.1) is 0 Å². The molecular weight excluding hydrogens is 254 g/mol. The van der Waals surface area contributed by atoms with Crippen molar-refractivity contribution >= 4 is 5.91 Å². The molecule has 2 aromatic heterocycles. The van der Waals surface area contributed by atoms with Gasteiger partial charge in [-0.1, -0.05) is 6.07 Å². The van der Waals surface area contributed by atoms with E-state index in [4.69, 9.17) is 0 Å². The Morgan fingerprint density at radius 3 is 2.85 bits per heavy atom. The number of nitrogens with one attached hydrogen (secondary N) is 1. The Morgan fingerprint density at radius 2 is 2.25 bits per heavy atom. The summed E-state index contributed by atoms with van der Waals surface area (Å²) in [5.41, 5.74) is 1.53. The number of aliphatic hydroxyl groups is 1. The Bertz CT molecular complexity index is 551. The zero-order valence-corrected chi connectivity index (χ0v) is 11.5. The van der Waals surface area contributed by atoms with Gasteiger partial charge in [-0.3, -0.25) is 9.78 Å². The quantitative estimate of drug-likeness (QED) is 0.825. The van der Waals surface area contributed by atoms with Gasteiger partial charge >= 0.3 is 0 Å². The number of aryl methyl sites for hydroxylation is 1. The van der Waals surface area contributed by atoms with Gasteiger partial charge in [0.25, 0.3) is 5.91 Å². The predicted octanol–water partition coefficient (Wildman–Crippen LogP) is 1.00. The van der Waals surface area contributed by atoms with Crippen LogP contribution in [-0.4, -0.2) is 33.7 Å². The SMILES string of the molecule is Cn1cccc1C(=O)NCC(CO)Cc1ccccn1. The van der Waals surface area contributed by atoms with E-state index in [9.17, 15) is 9.90 Å². The minimum atomic E-state index is -0.128. The molecule has 1 unspecified atom stereocenters. The van der Waals surface area contributed by atoms with Crippen LogP contribution in [0, 0.1) is 5.92 Å². The molecule has 1 atom stereocenters. The van der Waals surface area contributed by atoms with E-state index in [0.717, 1.165) is 5.69 Å². The molecule has 0 aliphatic carbocycles. The summed E-state index contributed by atoms with van der Waals surface area (Å²) in [6, 6.07) is 9.28. The third kappa shape index (κ3) is 3.68. The molecule has 5 heteroatoms. The smallest absolute Gasteiger partial charge is 0.267 e. The fraction of sp³-hybridized carbons (Fsp3) is 0.333. The minimum absolute atomic E-state index is 0.0178. The topological polar surface area (TPSA) is 67.2 Å². The second-order valence-corrected chi connectivity index (χ2v) is 4.79. The van der Waals surface area contributed by atoms with Crippen LogP contribution < -0.4 is 5.32 Å². The number of hydrogen-bond donors (Lipinski definition) is 2. The number of amides is 1. The zero-order valence-electron chi connectivity index (χ0n) is 11.5. The normalized spacial score (nSPS) is 12.1. The van der Waals surface area contributed by atoms with E-state index in [1.165, 1.54) is 0 Å². The van der Waals surface area contributed by atoms with E-state index in [1.54, 1.807) is 16.8 Å². The number of aliphatic hydroxyl groups excluding tert-OH is 1. The van der Waals surface area contributed by atoms with Gasteiger partial charge in [0.1, 0.15) is 5.69 Å². The second kappa shape index (κ2) is 6.86. The van der Waals surface area contributed by atoms with Gasteiger partial charge in [-0.25, -0.2) is 0 Å². The van der Waals surface area contributed by atoms with E-state index in [0.29, 0.717) is 18.7 Å². The average molecular weight is 273 g/mol. The van der Waals surface area contributed by atoms with Crippen LogP contribution in [0.15, 0.2) is 42.7 Å². The summed E-state index contributed by atoms with van der Waals surface area (Å²) in [6.45, 7) is 0.446. The molecule has 2 rings (SSSR count). The Morgan fingerprint density at radius 1 is 1.40 bits per heavy atom. The Balaban J connectivity index is 1.88. The summed E-state index contributed by atoms with van der Waals surface area (Å²) >= 11 is 0. The van der Waals surface area contributed by atoms with Crippen LogP contribution in [0.3, 0.4) is 0 Å². The lowest BCUT2D eigenvalue weighted by Gasteiger charge is -2.14. The van der Waals surface area contributed by atoms with Crippen molar-refractivity contribution < 1.29 is 9.90 Å². The molecule has 0 aliphatic rings. The minimum Gasteiger partial charge on any atom is -0.396 e. The van der Waals surface area contributed by atoms with Crippen molar-refractivity contribution in [2.24, 2.45) is 13.0 Å². The molecule has 2 aromatic rings. The second-order valence-electron chi connectivity index (χ2n) is 4.79. The molecule has 20 heavy (non-hydrogen) atoms. The van der Waals surface area contributed by atoms with Crippen molar-refractivity contribution in [3.63, 3.8) is 0 Å². The molecule has 0 saturated heterocycles. The van der Waals surface area contributed by atoms with Gasteiger partial charge < -0.3 is 15.0 Å². The number of carbonyl (C=O) groups is 1. The molecule has 0 fully saturated rings. The van der Waals surface area contributed by atoms with Crippen LogP contribution in [0.2, 0.25) is 0 Å².